The first-order chi connectivity index (χ1) is 9.69. The molecular formula is C11H7F3N2O4S. The Morgan fingerprint density at radius 3 is 2.57 bits per heavy atom. The molecule has 0 radical (unpaired) electrons. The summed E-state index contributed by atoms with van der Waals surface area (Å²) in [6, 6.07) is 2.93. The zero-order valence-corrected chi connectivity index (χ0v) is 11.2. The molecule has 1 aromatic rings. The Labute approximate surface area is 120 Å². The molecule has 10 heteroatoms. The van der Waals surface area contributed by atoms with Gasteiger partial charge in [0.05, 0.1) is 22.0 Å². The quantitative estimate of drug-likeness (QED) is 0.366. The zero-order chi connectivity index (χ0) is 16.2. The van der Waals surface area contributed by atoms with Gasteiger partial charge >= 0.3 is 17.2 Å². The van der Waals surface area contributed by atoms with E-state index in [1.54, 1.807) is 0 Å². The summed E-state index contributed by atoms with van der Waals surface area (Å²) < 4.78 is 41.9. The number of halogens is 3. The van der Waals surface area contributed by atoms with E-state index in [1.807, 2.05) is 0 Å². The molecule has 112 valence electrons. The minimum Gasteiger partial charge on any atom is -0.462 e. The highest BCUT2D eigenvalue weighted by atomic mass is 32.2. The van der Waals surface area contributed by atoms with Crippen LogP contribution in [0.15, 0.2) is 17.0 Å². The van der Waals surface area contributed by atoms with Gasteiger partial charge in [0.1, 0.15) is 11.6 Å². The van der Waals surface area contributed by atoms with Crippen LogP contribution in [0.3, 0.4) is 0 Å². The Kier molecular flexibility index (Phi) is 5.15. The Bertz CT molecular complexity index is 625. The Hall–Kier alpha value is -2.28. The van der Waals surface area contributed by atoms with Crippen LogP contribution >= 0.6 is 11.8 Å². The fraction of sp³-hybridized carbons (Fsp3) is 0.273. The fourth-order valence-corrected chi connectivity index (χ4v) is 2.13. The molecule has 0 heterocycles. The number of rotatable bonds is 4. The SMILES string of the molecule is CCOC(=O)c1cc(C#N)c([N+](=O)[O-])c(SC(F)(F)F)c1. The monoisotopic (exact) mass is 320 g/mol. The van der Waals surface area contributed by atoms with Crippen LogP contribution in [0.4, 0.5) is 18.9 Å². The molecule has 0 atom stereocenters. The highest BCUT2D eigenvalue weighted by Gasteiger charge is 2.35. The maximum Gasteiger partial charge on any atom is 0.446 e. The van der Waals surface area contributed by atoms with Crippen molar-refractivity contribution in [3.05, 3.63) is 33.4 Å². The van der Waals surface area contributed by atoms with E-state index in [0.29, 0.717) is 6.07 Å². The summed E-state index contributed by atoms with van der Waals surface area (Å²) >= 11 is -0.766. The number of thioether (sulfide) groups is 1. The average Bonchev–Trinajstić information content (AvgIpc) is 2.35. The van der Waals surface area contributed by atoms with Crippen molar-refractivity contribution in [2.75, 3.05) is 6.61 Å². The first-order valence-corrected chi connectivity index (χ1v) is 6.16. The molecule has 0 aliphatic heterocycles. The normalized spacial score (nSPS) is 10.8. The number of nitriles is 1. The average molecular weight is 320 g/mol. The molecule has 0 bridgehead atoms. The number of hydrogen-bond acceptors (Lipinski definition) is 6. The lowest BCUT2D eigenvalue weighted by molar-refractivity contribution is -0.388. The first-order valence-electron chi connectivity index (χ1n) is 5.35. The summed E-state index contributed by atoms with van der Waals surface area (Å²) in [5, 5.41) is 19.7. The van der Waals surface area contributed by atoms with Crippen molar-refractivity contribution in [1.29, 1.82) is 5.26 Å². The van der Waals surface area contributed by atoms with Crippen molar-refractivity contribution in [2.45, 2.75) is 17.3 Å². The molecule has 0 N–H and O–H groups in total. The topological polar surface area (TPSA) is 93.2 Å². The molecular weight excluding hydrogens is 313 g/mol. The zero-order valence-electron chi connectivity index (χ0n) is 10.4. The van der Waals surface area contributed by atoms with Gasteiger partial charge in [-0.1, -0.05) is 0 Å². The third kappa shape index (κ3) is 4.35. The van der Waals surface area contributed by atoms with Gasteiger partial charge in [0.25, 0.3) is 0 Å². The molecule has 0 aromatic heterocycles. The summed E-state index contributed by atoms with van der Waals surface area (Å²) in [4.78, 5) is 20.4. The third-order valence-electron chi connectivity index (χ3n) is 2.11. The Morgan fingerprint density at radius 1 is 1.52 bits per heavy atom. The molecule has 6 nitrogen and oxygen atoms in total. The summed E-state index contributed by atoms with van der Waals surface area (Å²) in [5.74, 6) is -0.965. The van der Waals surface area contributed by atoms with Gasteiger partial charge in [-0.3, -0.25) is 10.1 Å². The molecule has 0 aliphatic rings. The lowest BCUT2D eigenvalue weighted by atomic mass is 10.1. The fourth-order valence-electron chi connectivity index (χ4n) is 1.42. The Balaban J connectivity index is 3.49. The summed E-state index contributed by atoms with van der Waals surface area (Å²) in [7, 11) is 0. The second-order valence-electron chi connectivity index (χ2n) is 3.51. The lowest BCUT2D eigenvalue weighted by Gasteiger charge is -2.09. The largest absolute Gasteiger partial charge is 0.462 e. The van der Waals surface area contributed by atoms with Gasteiger partial charge in [0, 0.05) is 0 Å². The van der Waals surface area contributed by atoms with Crippen LogP contribution in [-0.2, 0) is 4.74 Å². The van der Waals surface area contributed by atoms with Gasteiger partial charge in [-0.15, -0.1) is 0 Å². The summed E-state index contributed by atoms with van der Waals surface area (Å²) in [6.07, 6.45) is 0. The first kappa shape index (κ1) is 16.8. The van der Waals surface area contributed by atoms with E-state index in [0.717, 1.165) is 6.07 Å². The molecule has 0 saturated carbocycles. The molecule has 0 unspecified atom stereocenters. The molecule has 0 saturated heterocycles. The number of hydrogen-bond donors (Lipinski definition) is 0. The van der Waals surface area contributed by atoms with E-state index in [-0.39, 0.29) is 12.2 Å². The van der Waals surface area contributed by atoms with E-state index in [2.05, 4.69) is 4.74 Å². The number of ether oxygens (including phenoxy) is 1. The highest BCUT2D eigenvalue weighted by Crippen LogP contribution is 2.43. The molecule has 1 rings (SSSR count). The van der Waals surface area contributed by atoms with Crippen LogP contribution in [0.25, 0.3) is 0 Å². The number of benzene rings is 1. The van der Waals surface area contributed by atoms with Crippen LogP contribution in [0, 0.1) is 21.4 Å². The molecule has 1 aromatic carbocycles. The van der Waals surface area contributed by atoms with Crippen molar-refractivity contribution in [1.82, 2.24) is 0 Å². The van der Waals surface area contributed by atoms with Gasteiger partial charge in [0.2, 0.25) is 0 Å². The summed E-state index contributed by atoms with van der Waals surface area (Å²) in [6.45, 7) is 1.46. The van der Waals surface area contributed by atoms with Crippen molar-refractivity contribution in [3.63, 3.8) is 0 Å². The molecule has 0 spiro atoms. The van der Waals surface area contributed by atoms with Crippen LogP contribution in [0.2, 0.25) is 0 Å². The number of nitro groups is 1. The van der Waals surface area contributed by atoms with Crippen LogP contribution < -0.4 is 0 Å². The smallest absolute Gasteiger partial charge is 0.446 e. The van der Waals surface area contributed by atoms with Crippen molar-refractivity contribution in [2.24, 2.45) is 0 Å². The number of carbonyl (C=O) groups is 1. The second kappa shape index (κ2) is 6.45. The molecule has 0 fully saturated rings. The predicted molar refractivity (Wildman–Crippen MR) is 65.7 cm³/mol. The maximum absolute atomic E-state index is 12.4. The van der Waals surface area contributed by atoms with Gasteiger partial charge in [-0.25, -0.2) is 4.79 Å². The number of alkyl halides is 3. The van der Waals surface area contributed by atoms with Crippen molar-refractivity contribution in [3.8, 4) is 6.07 Å². The standard InChI is InChI=1S/C11H7F3N2O4S/c1-2-20-10(17)6-3-7(5-15)9(16(18)19)8(4-6)21-11(12,13)14/h3-4H,2H2,1H3. The minimum absolute atomic E-state index is 0.0283. The Morgan fingerprint density at radius 2 is 2.14 bits per heavy atom. The highest BCUT2D eigenvalue weighted by molar-refractivity contribution is 8.00. The molecule has 21 heavy (non-hydrogen) atoms. The third-order valence-corrected chi connectivity index (χ3v) is 2.88. The number of carbonyl (C=O) groups excluding carboxylic acids is 1. The molecule has 0 amide bonds. The second-order valence-corrected chi connectivity index (χ2v) is 4.61. The van der Waals surface area contributed by atoms with Crippen molar-refractivity contribution < 1.29 is 27.6 Å². The van der Waals surface area contributed by atoms with E-state index in [4.69, 9.17) is 5.26 Å². The summed E-state index contributed by atoms with van der Waals surface area (Å²) in [5.41, 5.74) is -6.79. The van der Waals surface area contributed by atoms with E-state index < -0.39 is 44.3 Å². The van der Waals surface area contributed by atoms with E-state index >= 15 is 0 Å². The number of esters is 1. The van der Waals surface area contributed by atoms with Crippen LogP contribution in [0.1, 0.15) is 22.8 Å². The van der Waals surface area contributed by atoms with Gasteiger partial charge < -0.3 is 4.74 Å². The maximum atomic E-state index is 12.4. The minimum atomic E-state index is -4.80. The number of nitrogens with zero attached hydrogens (tertiary/aromatic N) is 2. The van der Waals surface area contributed by atoms with Gasteiger partial charge in [0.15, 0.2) is 0 Å². The van der Waals surface area contributed by atoms with Crippen LogP contribution in [-0.4, -0.2) is 23.0 Å². The lowest BCUT2D eigenvalue weighted by Crippen LogP contribution is -2.08. The number of nitro benzene ring substituents is 1. The predicted octanol–water partition coefficient (Wildman–Crippen LogP) is 3.26. The molecule has 0 aliphatic carbocycles. The van der Waals surface area contributed by atoms with Gasteiger partial charge in [-0.05, 0) is 30.8 Å². The van der Waals surface area contributed by atoms with E-state index in [9.17, 15) is 28.1 Å². The van der Waals surface area contributed by atoms with E-state index in [1.165, 1.54) is 13.0 Å². The van der Waals surface area contributed by atoms with Gasteiger partial charge in [-0.2, -0.15) is 18.4 Å². The van der Waals surface area contributed by atoms with Crippen LogP contribution in [0.5, 0.6) is 0 Å². The van der Waals surface area contributed by atoms with Crippen molar-refractivity contribution >= 4 is 23.4 Å².